The molecular weight excluding hydrogens is 514 g/mol. The highest BCUT2D eigenvalue weighted by molar-refractivity contribution is 6.51. The van der Waals surface area contributed by atoms with Gasteiger partial charge in [-0.1, -0.05) is 127 Å². The van der Waals surface area contributed by atoms with E-state index in [0.29, 0.717) is 28.6 Å². The first-order valence-electron chi connectivity index (χ1n) is 13.7. The van der Waals surface area contributed by atoms with Crippen LogP contribution in [0.3, 0.4) is 0 Å². The molecule has 1 heterocycles. The SMILES string of the molecule is N=C(C(=N)c1ccc(-c2nc(-c3ccc4ccccc4c3)nc(-c3ccc4ccccc4c3)n2)cc1)c1ccccc1. The molecule has 0 aliphatic carbocycles. The van der Waals surface area contributed by atoms with Crippen LogP contribution in [0.4, 0.5) is 0 Å². The smallest absolute Gasteiger partial charge is 0.164 e. The van der Waals surface area contributed by atoms with Crippen LogP contribution in [0.15, 0.2) is 140 Å². The molecule has 0 radical (unpaired) electrons. The Labute approximate surface area is 243 Å². The second-order valence-electron chi connectivity index (χ2n) is 10.1. The van der Waals surface area contributed by atoms with E-state index >= 15 is 0 Å². The quantitative estimate of drug-likeness (QED) is 0.207. The van der Waals surface area contributed by atoms with Crippen molar-refractivity contribution in [3.05, 3.63) is 151 Å². The summed E-state index contributed by atoms with van der Waals surface area (Å²) in [5.74, 6) is 1.74. The van der Waals surface area contributed by atoms with Crippen LogP contribution in [0, 0.1) is 10.8 Å². The summed E-state index contributed by atoms with van der Waals surface area (Å²) in [6, 6.07) is 45.8. The van der Waals surface area contributed by atoms with Gasteiger partial charge in [0, 0.05) is 27.8 Å². The molecule has 0 saturated heterocycles. The molecule has 0 aliphatic heterocycles. The average molecular weight is 540 g/mol. The Morgan fingerprint density at radius 2 is 0.738 bits per heavy atom. The molecule has 42 heavy (non-hydrogen) atoms. The number of nitrogens with one attached hydrogen (secondary N) is 2. The normalized spacial score (nSPS) is 11.0. The van der Waals surface area contributed by atoms with E-state index in [4.69, 9.17) is 25.8 Å². The topological polar surface area (TPSA) is 86.4 Å². The lowest BCUT2D eigenvalue weighted by atomic mass is 9.99. The highest BCUT2D eigenvalue weighted by Gasteiger charge is 2.15. The molecule has 6 aromatic carbocycles. The molecule has 0 fully saturated rings. The summed E-state index contributed by atoms with van der Waals surface area (Å²) in [5.41, 5.74) is 4.35. The molecule has 0 amide bonds. The molecular formula is C37H25N5. The van der Waals surface area contributed by atoms with Crippen molar-refractivity contribution in [2.45, 2.75) is 0 Å². The summed E-state index contributed by atoms with van der Waals surface area (Å²) in [6.45, 7) is 0. The summed E-state index contributed by atoms with van der Waals surface area (Å²) in [5, 5.41) is 21.7. The number of hydrogen-bond acceptors (Lipinski definition) is 5. The van der Waals surface area contributed by atoms with E-state index in [1.54, 1.807) is 0 Å². The fraction of sp³-hybridized carbons (Fsp3) is 0. The highest BCUT2D eigenvalue weighted by Crippen LogP contribution is 2.29. The predicted octanol–water partition coefficient (Wildman–Crippen LogP) is 8.61. The van der Waals surface area contributed by atoms with Gasteiger partial charge in [0.1, 0.15) is 0 Å². The van der Waals surface area contributed by atoms with Crippen molar-refractivity contribution >= 4 is 33.0 Å². The van der Waals surface area contributed by atoms with E-state index in [2.05, 4.69) is 48.5 Å². The molecule has 5 nitrogen and oxygen atoms in total. The standard InChI is InChI=1S/C37H25N5/c38-33(26-10-2-1-3-11-26)34(39)27-16-18-28(19-17-27)35-40-36(31-20-14-24-8-4-6-12-29(24)22-31)42-37(41-35)32-21-15-25-9-5-7-13-30(25)23-32/h1-23,38-39H. The van der Waals surface area contributed by atoms with Gasteiger partial charge in [0.05, 0.1) is 11.4 Å². The third-order valence-corrected chi connectivity index (χ3v) is 7.39. The van der Waals surface area contributed by atoms with Crippen LogP contribution < -0.4 is 0 Å². The monoisotopic (exact) mass is 539 g/mol. The van der Waals surface area contributed by atoms with E-state index < -0.39 is 0 Å². The van der Waals surface area contributed by atoms with Gasteiger partial charge in [-0.25, -0.2) is 15.0 Å². The van der Waals surface area contributed by atoms with Crippen molar-refractivity contribution in [1.29, 1.82) is 10.8 Å². The molecule has 0 spiro atoms. The third-order valence-electron chi connectivity index (χ3n) is 7.39. The maximum atomic E-state index is 8.61. The molecule has 0 unspecified atom stereocenters. The van der Waals surface area contributed by atoms with E-state index in [1.165, 1.54) is 0 Å². The van der Waals surface area contributed by atoms with E-state index in [0.717, 1.165) is 38.2 Å². The number of rotatable bonds is 6. The van der Waals surface area contributed by atoms with Crippen molar-refractivity contribution in [3.63, 3.8) is 0 Å². The zero-order valence-electron chi connectivity index (χ0n) is 22.6. The Bertz CT molecular complexity index is 2020. The van der Waals surface area contributed by atoms with E-state index in [1.807, 2.05) is 91.0 Å². The third kappa shape index (κ3) is 4.84. The first kappa shape index (κ1) is 25.2. The van der Waals surface area contributed by atoms with Crippen LogP contribution in [-0.4, -0.2) is 26.4 Å². The van der Waals surface area contributed by atoms with Gasteiger partial charge in [-0.2, -0.15) is 0 Å². The van der Waals surface area contributed by atoms with Crippen LogP contribution in [-0.2, 0) is 0 Å². The minimum atomic E-state index is 0.164. The first-order valence-corrected chi connectivity index (χ1v) is 13.7. The van der Waals surface area contributed by atoms with Crippen molar-refractivity contribution in [2.24, 2.45) is 0 Å². The fourth-order valence-electron chi connectivity index (χ4n) is 5.10. The van der Waals surface area contributed by atoms with Crippen molar-refractivity contribution in [2.75, 3.05) is 0 Å². The summed E-state index contributed by atoms with van der Waals surface area (Å²) in [7, 11) is 0. The Morgan fingerprint density at radius 1 is 0.357 bits per heavy atom. The Hall–Kier alpha value is -5.81. The zero-order chi connectivity index (χ0) is 28.5. The van der Waals surface area contributed by atoms with Crippen LogP contribution in [0.1, 0.15) is 11.1 Å². The van der Waals surface area contributed by atoms with Gasteiger partial charge in [-0.3, -0.25) is 10.8 Å². The number of fused-ring (bicyclic) bond motifs is 2. The Kier molecular flexibility index (Phi) is 6.38. The second kappa shape index (κ2) is 10.6. The van der Waals surface area contributed by atoms with Gasteiger partial charge in [0.15, 0.2) is 17.5 Å². The number of benzene rings is 6. The lowest BCUT2D eigenvalue weighted by Crippen LogP contribution is -2.14. The Balaban J connectivity index is 1.31. The summed E-state index contributed by atoms with van der Waals surface area (Å²) in [6.07, 6.45) is 0. The maximum Gasteiger partial charge on any atom is 0.164 e. The lowest BCUT2D eigenvalue weighted by Gasteiger charge is -2.11. The average Bonchev–Trinajstić information content (AvgIpc) is 3.07. The number of nitrogens with zero attached hydrogens (tertiary/aromatic N) is 3. The largest absolute Gasteiger partial charge is 0.298 e. The molecule has 198 valence electrons. The zero-order valence-corrected chi connectivity index (χ0v) is 22.6. The van der Waals surface area contributed by atoms with Crippen LogP contribution in [0.2, 0.25) is 0 Å². The lowest BCUT2D eigenvalue weighted by molar-refractivity contribution is 1.07. The Morgan fingerprint density at radius 3 is 1.24 bits per heavy atom. The van der Waals surface area contributed by atoms with Gasteiger partial charge < -0.3 is 0 Å². The summed E-state index contributed by atoms with van der Waals surface area (Å²) in [4.78, 5) is 14.7. The molecule has 2 N–H and O–H groups in total. The minimum absolute atomic E-state index is 0.164. The molecule has 0 bridgehead atoms. The molecule has 7 aromatic rings. The van der Waals surface area contributed by atoms with Gasteiger partial charge in [-0.05, 0) is 33.7 Å². The van der Waals surface area contributed by atoms with Crippen LogP contribution in [0.25, 0.3) is 55.7 Å². The molecule has 5 heteroatoms. The van der Waals surface area contributed by atoms with Crippen LogP contribution >= 0.6 is 0 Å². The molecule has 0 saturated carbocycles. The first-order chi connectivity index (χ1) is 20.6. The number of aromatic nitrogens is 3. The number of hydrogen-bond donors (Lipinski definition) is 2. The van der Waals surface area contributed by atoms with Crippen LogP contribution in [0.5, 0.6) is 0 Å². The van der Waals surface area contributed by atoms with E-state index in [-0.39, 0.29) is 11.4 Å². The summed E-state index contributed by atoms with van der Waals surface area (Å²) >= 11 is 0. The second-order valence-corrected chi connectivity index (χ2v) is 10.1. The molecule has 1 aromatic heterocycles. The minimum Gasteiger partial charge on any atom is -0.298 e. The fourth-order valence-corrected chi connectivity index (χ4v) is 5.10. The van der Waals surface area contributed by atoms with Gasteiger partial charge in [-0.15, -0.1) is 0 Å². The molecule has 0 aliphatic rings. The predicted molar refractivity (Wildman–Crippen MR) is 171 cm³/mol. The maximum absolute atomic E-state index is 8.61. The molecule has 0 atom stereocenters. The van der Waals surface area contributed by atoms with E-state index in [9.17, 15) is 0 Å². The summed E-state index contributed by atoms with van der Waals surface area (Å²) < 4.78 is 0. The van der Waals surface area contributed by atoms with Crippen molar-refractivity contribution in [3.8, 4) is 34.2 Å². The van der Waals surface area contributed by atoms with Gasteiger partial charge in [0.25, 0.3) is 0 Å². The highest BCUT2D eigenvalue weighted by atomic mass is 15.0. The van der Waals surface area contributed by atoms with Crippen molar-refractivity contribution in [1.82, 2.24) is 15.0 Å². The van der Waals surface area contributed by atoms with Gasteiger partial charge >= 0.3 is 0 Å². The van der Waals surface area contributed by atoms with Crippen molar-refractivity contribution < 1.29 is 0 Å². The van der Waals surface area contributed by atoms with Gasteiger partial charge in [0.2, 0.25) is 0 Å². The molecule has 7 rings (SSSR count).